The van der Waals surface area contributed by atoms with Gasteiger partial charge in [-0.2, -0.15) is 0 Å². The van der Waals surface area contributed by atoms with Crippen LogP contribution in [0.2, 0.25) is 0 Å². The Bertz CT molecular complexity index is 427. The van der Waals surface area contributed by atoms with Gasteiger partial charge in [0.2, 0.25) is 0 Å². The molecular formula is C16H21BrO2. The summed E-state index contributed by atoms with van der Waals surface area (Å²) in [5.41, 5.74) is 1.25. The average Bonchev–Trinajstić information content (AvgIpc) is 2.41. The number of carboxylic acid groups (broad SMARTS) is 1. The summed E-state index contributed by atoms with van der Waals surface area (Å²) in [6.07, 6.45) is 5.03. The maximum atomic E-state index is 11.4. The van der Waals surface area contributed by atoms with Crippen molar-refractivity contribution in [2.75, 3.05) is 0 Å². The number of carboxylic acids is 1. The molecule has 104 valence electrons. The van der Waals surface area contributed by atoms with Crippen molar-refractivity contribution in [1.29, 1.82) is 0 Å². The Morgan fingerprint density at radius 3 is 2.58 bits per heavy atom. The van der Waals surface area contributed by atoms with Crippen molar-refractivity contribution in [3.05, 3.63) is 34.3 Å². The van der Waals surface area contributed by atoms with E-state index < -0.39 is 5.97 Å². The zero-order valence-electron chi connectivity index (χ0n) is 11.3. The Labute approximate surface area is 123 Å². The van der Waals surface area contributed by atoms with Crippen molar-refractivity contribution in [2.45, 2.75) is 39.0 Å². The van der Waals surface area contributed by atoms with Gasteiger partial charge in [0.25, 0.3) is 0 Å². The van der Waals surface area contributed by atoms with Crippen LogP contribution < -0.4 is 0 Å². The van der Waals surface area contributed by atoms with E-state index in [1.54, 1.807) is 0 Å². The van der Waals surface area contributed by atoms with E-state index in [1.807, 2.05) is 12.1 Å². The van der Waals surface area contributed by atoms with Crippen LogP contribution >= 0.6 is 15.9 Å². The molecule has 0 bridgehead atoms. The molecule has 0 heterocycles. The number of rotatable bonds is 4. The first-order chi connectivity index (χ1) is 9.10. The van der Waals surface area contributed by atoms with Crippen molar-refractivity contribution in [1.82, 2.24) is 0 Å². The van der Waals surface area contributed by atoms with Gasteiger partial charge in [-0.25, -0.2) is 0 Å². The van der Waals surface area contributed by atoms with Gasteiger partial charge in [0.15, 0.2) is 0 Å². The lowest BCUT2D eigenvalue weighted by Gasteiger charge is -2.33. The minimum atomic E-state index is -0.614. The summed E-state index contributed by atoms with van der Waals surface area (Å²) < 4.78 is 1.07. The zero-order chi connectivity index (χ0) is 13.8. The summed E-state index contributed by atoms with van der Waals surface area (Å²) in [6.45, 7) is 2.21. The van der Waals surface area contributed by atoms with Gasteiger partial charge >= 0.3 is 5.97 Å². The topological polar surface area (TPSA) is 37.3 Å². The molecule has 1 fully saturated rings. The van der Waals surface area contributed by atoms with E-state index >= 15 is 0 Å². The highest BCUT2D eigenvalue weighted by Gasteiger charge is 2.34. The van der Waals surface area contributed by atoms with E-state index in [4.69, 9.17) is 0 Å². The van der Waals surface area contributed by atoms with Crippen molar-refractivity contribution in [3.63, 3.8) is 0 Å². The molecular weight excluding hydrogens is 304 g/mol. The molecule has 3 heteroatoms. The summed E-state index contributed by atoms with van der Waals surface area (Å²) in [7, 11) is 0. The third-order valence-corrected chi connectivity index (χ3v) is 4.93. The number of benzene rings is 1. The van der Waals surface area contributed by atoms with Crippen LogP contribution in [0.3, 0.4) is 0 Å². The van der Waals surface area contributed by atoms with E-state index in [1.165, 1.54) is 12.0 Å². The maximum Gasteiger partial charge on any atom is 0.306 e. The Morgan fingerprint density at radius 1 is 1.32 bits per heavy atom. The highest BCUT2D eigenvalue weighted by molar-refractivity contribution is 9.10. The lowest BCUT2D eigenvalue weighted by atomic mass is 9.71. The van der Waals surface area contributed by atoms with Crippen molar-refractivity contribution < 1.29 is 9.90 Å². The van der Waals surface area contributed by atoms with Crippen LogP contribution in [0.5, 0.6) is 0 Å². The van der Waals surface area contributed by atoms with E-state index in [2.05, 4.69) is 35.0 Å². The number of hydrogen-bond acceptors (Lipinski definition) is 1. The molecule has 1 aliphatic rings. The van der Waals surface area contributed by atoms with E-state index in [0.717, 1.165) is 30.2 Å². The molecule has 19 heavy (non-hydrogen) atoms. The van der Waals surface area contributed by atoms with Gasteiger partial charge in [0.1, 0.15) is 0 Å². The van der Waals surface area contributed by atoms with Crippen LogP contribution in [0.25, 0.3) is 0 Å². The van der Waals surface area contributed by atoms with E-state index in [-0.39, 0.29) is 11.8 Å². The predicted octanol–water partition coefficient (Wildman–Crippen LogP) is 4.52. The quantitative estimate of drug-likeness (QED) is 0.884. The molecule has 2 nitrogen and oxygen atoms in total. The van der Waals surface area contributed by atoms with Gasteiger partial charge in [-0.05, 0) is 55.2 Å². The van der Waals surface area contributed by atoms with Crippen LogP contribution in [0.15, 0.2) is 28.7 Å². The minimum Gasteiger partial charge on any atom is -0.481 e. The fraction of sp³-hybridized carbons (Fsp3) is 0.562. The largest absolute Gasteiger partial charge is 0.481 e. The summed E-state index contributed by atoms with van der Waals surface area (Å²) in [5.74, 6) is 0.219. The first-order valence-corrected chi connectivity index (χ1v) is 7.86. The Balaban J connectivity index is 2.08. The minimum absolute atomic E-state index is 0.161. The van der Waals surface area contributed by atoms with Gasteiger partial charge in [0, 0.05) is 4.47 Å². The normalized spacial score (nSPS) is 27.2. The van der Waals surface area contributed by atoms with Gasteiger partial charge in [0.05, 0.1) is 5.92 Å². The second-order valence-corrected chi connectivity index (χ2v) is 6.54. The first kappa shape index (κ1) is 14.6. The molecule has 0 spiro atoms. The summed E-state index contributed by atoms with van der Waals surface area (Å²) in [6, 6.07) is 8.26. The molecule has 1 aliphatic carbocycles. The molecule has 0 aromatic heterocycles. The van der Waals surface area contributed by atoms with Crippen LogP contribution in [0.1, 0.15) is 38.2 Å². The third-order valence-electron chi connectivity index (χ3n) is 4.40. The molecule has 1 aromatic carbocycles. The summed E-state index contributed by atoms with van der Waals surface area (Å²) >= 11 is 3.43. The molecule has 0 amide bonds. The molecule has 1 N–H and O–H groups in total. The second kappa shape index (κ2) is 6.56. The van der Waals surface area contributed by atoms with Crippen LogP contribution in [0, 0.1) is 17.8 Å². The van der Waals surface area contributed by atoms with Crippen LogP contribution in [-0.2, 0) is 11.2 Å². The molecule has 2 rings (SSSR count). The van der Waals surface area contributed by atoms with Crippen molar-refractivity contribution >= 4 is 21.9 Å². The number of carbonyl (C=O) groups is 1. The highest BCUT2D eigenvalue weighted by atomic mass is 79.9. The molecule has 0 saturated heterocycles. The molecule has 0 aliphatic heterocycles. The fourth-order valence-electron chi connectivity index (χ4n) is 3.21. The Kier molecular flexibility index (Phi) is 5.03. The van der Waals surface area contributed by atoms with Gasteiger partial charge < -0.3 is 5.11 Å². The SMILES string of the molecule is CCC1CCC(C(=O)O)C(Cc2ccc(Br)cc2)C1. The lowest BCUT2D eigenvalue weighted by Crippen LogP contribution is -2.31. The number of hydrogen-bond donors (Lipinski definition) is 1. The average molecular weight is 325 g/mol. The smallest absolute Gasteiger partial charge is 0.306 e. The molecule has 0 radical (unpaired) electrons. The lowest BCUT2D eigenvalue weighted by molar-refractivity contribution is -0.145. The monoisotopic (exact) mass is 324 g/mol. The third kappa shape index (κ3) is 3.82. The standard InChI is InChI=1S/C16H21BrO2/c1-2-11-5-8-15(16(18)19)13(9-11)10-12-3-6-14(17)7-4-12/h3-4,6-7,11,13,15H,2,5,8-10H2,1H3,(H,18,19). The van der Waals surface area contributed by atoms with Crippen LogP contribution in [0.4, 0.5) is 0 Å². The maximum absolute atomic E-state index is 11.4. The van der Waals surface area contributed by atoms with E-state index in [0.29, 0.717) is 5.92 Å². The molecule has 3 unspecified atom stereocenters. The van der Waals surface area contributed by atoms with Crippen molar-refractivity contribution in [3.8, 4) is 0 Å². The second-order valence-electron chi connectivity index (χ2n) is 5.62. The summed E-state index contributed by atoms with van der Waals surface area (Å²) in [5, 5.41) is 9.38. The van der Waals surface area contributed by atoms with Gasteiger partial charge in [-0.15, -0.1) is 0 Å². The molecule has 1 aromatic rings. The number of halogens is 1. The number of aliphatic carboxylic acids is 1. The predicted molar refractivity (Wildman–Crippen MR) is 80.1 cm³/mol. The fourth-order valence-corrected chi connectivity index (χ4v) is 3.47. The van der Waals surface area contributed by atoms with E-state index in [9.17, 15) is 9.90 Å². The van der Waals surface area contributed by atoms with Gasteiger partial charge in [-0.3, -0.25) is 4.79 Å². The molecule has 1 saturated carbocycles. The first-order valence-electron chi connectivity index (χ1n) is 7.07. The highest BCUT2D eigenvalue weighted by Crippen LogP contribution is 2.37. The summed E-state index contributed by atoms with van der Waals surface area (Å²) in [4.78, 5) is 11.4. The Morgan fingerprint density at radius 2 is 2.00 bits per heavy atom. The molecule has 3 atom stereocenters. The van der Waals surface area contributed by atoms with Gasteiger partial charge in [-0.1, -0.05) is 41.4 Å². The Hall–Kier alpha value is -0.830. The van der Waals surface area contributed by atoms with Crippen LogP contribution in [-0.4, -0.2) is 11.1 Å². The van der Waals surface area contributed by atoms with Crippen molar-refractivity contribution in [2.24, 2.45) is 17.8 Å². The zero-order valence-corrected chi connectivity index (χ0v) is 12.9.